The van der Waals surface area contributed by atoms with Crippen molar-refractivity contribution in [3.05, 3.63) is 23.3 Å². The molecule has 0 aromatic heterocycles. The summed E-state index contributed by atoms with van der Waals surface area (Å²) in [6, 6.07) is 0. The van der Waals surface area contributed by atoms with E-state index in [1.165, 1.54) is 6.92 Å². The third-order valence-corrected chi connectivity index (χ3v) is 10.0. The minimum atomic E-state index is -1.93. The van der Waals surface area contributed by atoms with E-state index in [0.29, 0.717) is 17.6 Å². The van der Waals surface area contributed by atoms with Crippen molar-refractivity contribution in [3.63, 3.8) is 0 Å². The maximum absolute atomic E-state index is 13.2. The van der Waals surface area contributed by atoms with Crippen LogP contribution in [0.5, 0.6) is 0 Å². The van der Waals surface area contributed by atoms with Crippen LogP contribution in [0.2, 0.25) is 0 Å². The smallest absolute Gasteiger partial charge is 0.306 e. The molecular formula is C30H44O8. The summed E-state index contributed by atoms with van der Waals surface area (Å²) in [5, 5.41) is 34.5. The lowest BCUT2D eigenvalue weighted by Gasteiger charge is -2.53. The number of ketones is 1. The number of Topliss-reactive ketones (excluding diaryl/α,β-unsaturated/α-hetero) is 1. The number of carbonyl (C=O) groups excluding carboxylic acids is 3. The van der Waals surface area contributed by atoms with E-state index in [9.17, 15) is 29.7 Å². The van der Waals surface area contributed by atoms with Gasteiger partial charge in [0.25, 0.3) is 0 Å². The number of fused-ring (bicyclic) bond motifs is 5. The molecule has 0 unspecified atom stereocenters. The summed E-state index contributed by atoms with van der Waals surface area (Å²) in [6.07, 6.45) is 7.35. The highest BCUT2D eigenvalue weighted by molar-refractivity contribution is 6.04. The van der Waals surface area contributed by atoms with Gasteiger partial charge in [0.2, 0.25) is 0 Å². The topological polar surface area (TPSA) is 130 Å². The molecule has 0 radical (unpaired) electrons. The molecule has 212 valence electrons. The molecular weight excluding hydrogens is 488 g/mol. The van der Waals surface area contributed by atoms with Crippen LogP contribution >= 0.6 is 0 Å². The average molecular weight is 533 g/mol. The Kier molecular flexibility index (Phi) is 7.52. The minimum absolute atomic E-state index is 0.109. The maximum atomic E-state index is 13.2. The Bertz CT molecular complexity index is 1060. The molecule has 8 heteroatoms. The highest BCUT2D eigenvalue weighted by Gasteiger charge is 2.87. The minimum Gasteiger partial charge on any atom is -0.458 e. The van der Waals surface area contributed by atoms with Crippen LogP contribution in [0.3, 0.4) is 0 Å². The summed E-state index contributed by atoms with van der Waals surface area (Å²) in [6.45, 7) is 10.3. The average Bonchev–Trinajstić information content (AvgIpc) is 3.26. The van der Waals surface area contributed by atoms with Crippen molar-refractivity contribution in [2.24, 2.45) is 29.1 Å². The molecule has 0 aromatic rings. The van der Waals surface area contributed by atoms with Crippen LogP contribution in [0.25, 0.3) is 0 Å². The second kappa shape index (κ2) is 9.86. The lowest BCUT2D eigenvalue weighted by molar-refractivity contribution is -0.228. The summed E-state index contributed by atoms with van der Waals surface area (Å²) < 4.78 is 12.1. The first kappa shape index (κ1) is 29.0. The van der Waals surface area contributed by atoms with Gasteiger partial charge in [-0.3, -0.25) is 14.4 Å². The second-order valence-electron chi connectivity index (χ2n) is 12.6. The van der Waals surface area contributed by atoms with E-state index in [4.69, 9.17) is 9.47 Å². The first-order valence-electron chi connectivity index (χ1n) is 14.1. The number of aliphatic hydroxyl groups excluding tert-OH is 1. The van der Waals surface area contributed by atoms with Crippen molar-refractivity contribution >= 4 is 17.7 Å². The van der Waals surface area contributed by atoms with E-state index in [2.05, 4.69) is 6.92 Å². The van der Waals surface area contributed by atoms with Gasteiger partial charge in [0.05, 0.1) is 12.2 Å². The zero-order chi connectivity index (χ0) is 28.3. The first-order valence-corrected chi connectivity index (χ1v) is 14.1. The molecule has 0 spiro atoms. The van der Waals surface area contributed by atoms with Gasteiger partial charge in [-0.15, -0.1) is 0 Å². The third-order valence-electron chi connectivity index (χ3n) is 10.0. The highest BCUT2D eigenvalue weighted by Crippen LogP contribution is 2.77. The van der Waals surface area contributed by atoms with Crippen molar-refractivity contribution < 1.29 is 39.2 Å². The van der Waals surface area contributed by atoms with Gasteiger partial charge >= 0.3 is 11.9 Å². The highest BCUT2D eigenvalue weighted by atomic mass is 16.6. The Hall–Kier alpha value is -2.03. The molecule has 8 nitrogen and oxygen atoms in total. The van der Waals surface area contributed by atoms with Crippen LogP contribution in [0, 0.1) is 29.1 Å². The molecule has 0 bridgehead atoms. The van der Waals surface area contributed by atoms with Crippen LogP contribution < -0.4 is 0 Å². The van der Waals surface area contributed by atoms with Crippen molar-refractivity contribution in [2.45, 2.75) is 109 Å². The first-order chi connectivity index (χ1) is 17.7. The normalized spacial score (nSPS) is 40.7. The Morgan fingerprint density at radius 3 is 2.37 bits per heavy atom. The maximum Gasteiger partial charge on any atom is 0.306 e. The third kappa shape index (κ3) is 4.01. The fourth-order valence-electron chi connectivity index (χ4n) is 8.13. The number of hydrogen-bond donors (Lipinski definition) is 3. The molecule has 8 atom stereocenters. The van der Waals surface area contributed by atoms with Gasteiger partial charge in [0, 0.05) is 48.9 Å². The molecule has 2 saturated carbocycles. The predicted octanol–water partition coefficient (Wildman–Crippen LogP) is 3.41. The van der Waals surface area contributed by atoms with Crippen molar-refractivity contribution in [2.75, 3.05) is 6.61 Å². The number of esters is 2. The van der Waals surface area contributed by atoms with E-state index in [1.54, 1.807) is 26.0 Å². The molecule has 38 heavy (non-hydrogen) atoms. The standard InChI is InChI=1S/C30H44O8/c1-7-8-9-10-11-12-23(33)37-26-18(3)29(36)21(24-27(5,6)30(24,26)38-19(4)32)14-20(16-31)15-28(35)22(29)13-17(2)25(28)34/h13-14,18,21-22,24,26,31,35-36H,7-12,15-16H2,1-6H3/t18-,21+,22-,24-,26-,28-,29-,30-/m1/s1. The van der Waals surface area contributed by atoms with Gasteiger partial charge in [0.15, 0.2) is 11.4 Å². The fraction of sp³-hybridized carbons (Fsp3) is 0.767. The second-order valence-corrected chi connectivity index (χ2v) is 12.6. The molecule has 4 rings (SSSR count). The number of ether oxygens (including phenoxy) is 2. The summed E-state index contributed by atoms with van der Waals surface area (Å²) in [7, 11) is 0. The van der Waals surface area contributed by atoms with Gasteiger partial charge in [-0.05, 0) is 24.5 Å². The van der Waals surface area contributed by atoms with Crippen molar-refractivity contribution in [1.29, 1.82) is 0 Å². The molecule has 0 aliphatic heterocycles. The van der Waals surface area contributed by atoms with E-state index >= 15 is 0 Å². The van der Waals surface area contributed by atoms with Gasteiger partial charge in [0.1, 0.15) is 11.7 Å². The zero-order valence-electron chi connectivity index (χ0n) is 23.6. The van der Waals surface area contributed by atoms with Crippen LogP contribution in [-0.2, 0) is 23.9 Å². The van der Waals surface area contributed by atoms with Gasteiger partial charge in [-0.1, -0.05) is 65.5 Å². The molecule has 2 fully saturated rings. The van der Waals surface area contributed by atoms with E-state index in [-0.39, 0.29) is 19.4 Å². The largest absolute Gasteiger partial charge is 0.458 e. The van der Waals surface area contributed by atoms with Gasteiger partial charge < -0.3 is 24.8 Å². The van der Waals surface area contributed by atoms with E-state index in [0.717, 1.165) is 25.7 Å². The molecule has 0 heterocycles. The van der Waals surface area contributed by atoms with Crippen molar-refractivity contribution in [1.82, 2.24) is 0 Å². The number of rotatable bonds is 9. The van der Waals surface area contributed by atoms with Crippen molar-refractivity contribution in [3.8, 4) is 0 Å². The Morgan fingerprint density at radius 2 is 1.76 bits per heavy atom. The molecule has 0 saturated heterocycles. The number of hydrogen-bond acceptors (Lipinski definition) is 8. The SMILES string of the molecule is CCCCCCCC(=O)O[C@@H]1[C@@H](C)[C@@]2(O)[C@@H](C=C(CO)C[C@]3(O)C(=O)C(C)=C[C@@H]23)[C@@H]2C(C)(C)[C@]12OC(C)=O. The quantitative estimate of drug-likeness (QED) is 0.234. The van der Waals surface area contributed by atoms with Gasteiger partial charge in [-0.25, -0.2) is 0 Å². The molecule has 4 aliphatic rings. The summed E-state index contributed by atoms with van der Waals surface area (Å²) >= 11 is 0. The fourth-order valence-corrected chi connectivity index (χ4v) is 8.13. The molecule has 0 aromatic carbocycles. The summed E-state index contributed by atoms with van der Waals surface area (Å²) in [4.78, 5) is 38.7. The molecule has 0 amide bonds. The number of unbranched alkanes of at least 4 members (excludes halogenated alkanes) is 4. The lowest BCUT2D eigenvalue weighted by Crippen LogP contribution is -2.66. The summed E-state index contributed by atoms with van der Waals surface area (Å²) in [5.41, 5.74) is -4.70. The van der Waals surface area contributed by atoms with Crippen LogP contribution in [-0.4, -0.2) is 62.6 Å². The summed E-state index contributed by atoms with van der Waals surface area (Å²) in [5.74, 6) is -4.31. The monoisotopic (exact) mass is 532 g/mol. The van der Waals surface area contributed by atoms with Crippen LogP contribution in [0.1, 0.15) is 86.5 Å². The number of carbonyl (C=O) groups is 3. The predicted molar refractivity (Wildman–Crippen MR) is 140 cm³/mol. The van der Waals surface area contributed by atoms with E-state index < -0.39 is 69.7 Å². The van der Waals surface area contributed by atoms with Crippen LogP contribution in [0.4, 0.5) is 0 Å². The molecule has 4 aliphatic carbocycles. The Morgan fingerprint density at radius 1 is 1.11 bits per heavy atom. The van der Waals surface area contributed by atoms with E-state index in [1.807, 2.05) is 13.8 Å². The molecule has 3 N–H and O–H groups in total. The lowest BCUT2D eigenvalue weighted by atomic mass is 9.59. The number of aliphatic hydroxyl groups is 3. The Balaban J connectivity index is 1.78. The Labute approximate surface area is 225 Å². The zero-order valence-corrected chi connectivity index (χ0v) is 23.6. The van der Waals surface area contributed by atoms with Crippen LogP contribution in [0.15, 0.2) is 23.3 Å². The van der Waals surface area contributed by atoms with Gasteiger partial charge in [-0.2, -0.15) is 0 Å².